The topological polar surface area (TPSA) is 39.2 Å². The first kappa shape index (κ1) is 12.6. The van der Waals surface area contributed by atoms with Crippen molar-refractivity contribution in [2.75, 3.05) is 0 Å². The van der Waals surface area contributed by atoms with Crippen molar-refractivity contribution in [1.29, 1.82) is 0 Å². The van der Waals surface area contributed by atoms with Gasteiger partial charge in [-0.25, -0.2) is 4.98 Å². The van der Waals surface area contributed by atoms with Gasteiger partial charge in [-0.1, -0.05) is 23.7 Å². The third-order valence-corrected chi connectivity index (χ3v) is 2.63. The number of carbonyl (C=O) groups is 1. The summed E-state index contributed by atoms with van der Waals surface area (Å²) < 4.78 is 5.55. The largest absolute Gasteiger partial charge is 0.487 e. The minimum absolute atomic E-state index is 0.0589. The van der Waals surface area contributed by atoms with Gasteiger partial charge in [0.1, 0.15) is 18.1 Å². The lowest BCUT2D eigenvalue weighted by Crippen LogP contribution is -1.99. The van der Waals surface area contributed by atoms with Crippen molar-refractivity contribution in [2.45, 2.75) is 13.5 Å². The summed E-state index contributed by atoms with van der Waals surface area (Å²) in [5.74, 6) is 0.566. The summed E-state index contributed by atoms with van der Waals surface area (Å²) in [7, 11) is 0. The Labute approximate surface area is 110 Å². The zero-order chi connectivity index (χ0) is 13.0. The fraction of sp³-hybridized carbons (Fsp3) is 0.143. The summed E-state index contributed by atoms with van der Waals surface area (Å²) in [6.45, 7) is 1.90. The first-order chi connectivity index (χ1) is 8.65. The summed E-state index contributed by atoms with van der Waals surface area (Å²) in [6.07, 6.45) is 1.54. The number of benzene rings is 1. The zero-order valence-corrected chi connectivity index (χ0v) is 10.6. The second-order valence-corrected chi connectivity index (χ2v) is 4.29. The van der Waals surface area contributed by atoms with Gasteiger partial charge in [0.25, 0.3) is 0 Å². The fourth-order valence-electron chi connectivity index (χ4n) is 1.47. The van der Waals surface area contributed by atoms with E-state index in [1.807, 2.05) is 24.3 Å². The molecule has 0 saturated heterocycles. The minimum atomic E-state index is -0.0589. The van der Waals surface area contributed by atoms with Crippen molar-refractivity contribution in [2.24, 2.45) is 0 Å². The number of hydrogen-bond donors (Lipinski definition) is 0. The van der Waals surface area contributed by atoms with Gasteiger partial charge >= 0.3 is 0 Å². The SMILES string of the molecule is CC(=O)c1ccc(OCc2cccc(Cl)c2)cn1. The van der Waals surface area contributed by atoms with Crippen LogP contribution in [0.15, 0.2) is 42.6 Å². The van der Waals surface area contributed by atoms with E-state index in [2.05, 4.69) is 4.98 Å². The molecule has 0 bridgehead atoms. The molecule has 1 aromatic carbocycles. The predicted octanol–water partition coefficient (Wildman–Crippen LogP) is 3.52. The molecule has 0 aliphatic heterocycles. The monoisotopic (exact) mass is 261 g/mol. The Balaban J connectivity index is 2.00. The van der Waals surface area contributed by atoms with Gasteiger partial charge in [0.2, 0.25) is 0 Å². The van der Waals surface area contributed by atoms with Crippen LogP contribution in [0.25, 0.3) is 0 Å². The molecule has 0 aliphatic rings. The van der Waals surface area contributed by atoms with Gasteiger partial charge in [-0.2, -0.15) is 0 Å². The highest BCUT2D eigenvalue weighted by atomic mass is 35.5. The van der Waals surface area contributed by atoms with E-state index in [4.69, 9.17) is 16.3 Å². The quantitative estimate of drug-likeness (QED) is 0.791. The number of halogens is 1. The number of pyridine rings is 1. The van der Waals surface area contributed by atoms with E-state index in [1.54, 1.807) is 18.3 Å². The molecule has 2 rings (SSSR count). The molecule has 18 heavy (non-hydrogen) atoms. The van der Waals surface area contributed by atoms with Crippen molar-refractivity contribution >= 4 is 17.4 Å². The summed E-state index contributed by atoms with van der Waals surface area (Å²) in [6, 6.07) is 10.8. The molecule has 1 heterocycles. The Bertz CT molecular complexity index is 552. The second-order valence-electron chi connectivity index (χ2n) is 3.85. The highest BCUT2D eigenvalue weighted by Gasteiger charge is 2.01. The van der Waals surface area contributed by atoms with Crippen LogP contribution in [0.5, 0.6) is 5.75 Å². The van der Waals surface area contributed by atoms with Gasteiger partial charge in [0.05, 0.1) is 6.20 Å². The summed E-state index contributed by atoms with van der Waals surface area (Å²) >= 11 is 5.88. The molecule has 92 valence electrons. The summed E-state index contributed by atoms with van der Waals surface area (Å²) in [4.78, 5) is 15.1. The first-order valence-corrected chi connectivity index (χ1v) is 5.87. The number of carbonyl (C=O) groups excluding carboxylic acids is 1. The maximum absolute atomic E-state index is 11.1. The van der Waals surface area contributed by atoms with Crippen LogP contribution >= 0.6 is 11.6 Å². The van der Waals surface area contributed by atoms with E-state index in [9.17, 15) is 4.79 Å². The lowest BCUT2D eigenvalue weighted by atomic mass is 10.2. The molecule has 3 nitrogen and oxygen atoms in total. The van der Waals surface area contributed by atoms with Crippen LogP contribution in [-0.4, -0.2) is 10.8 Å². The molecule has 0 atom stereocenters. The molecule has 0 unspecified atom stereocenters. The molecular formula is C14H12ClNO2. The Morgan fingerprint density at radius 3 is 2.78 bits per heavy atom. The van der Waals surface area contributed by atoms with Gasteiger partial charge < -0.3 is 4.74 Å². The van der Waals surface area contributed by atoms with Gasteiger partial charge in [-0.15, -0.1) is 0 Å². The standard InChI is InChI=1S/C14H12ClNO2/c1-10(17)14-6-5-13(8-16-14)18-9-11-3-2-4-12(15)7-11/h2-8H,9H2,1H3. The highest BCUT2D eigenvalue weighted by molar-refractivity contribution is 6.30. The average Bonchev–Trinajstić information content (AvgIpc) is 2.37. The Morgan fingerprint density at radius 1 is 1.33 bits per heavy atom. The highest BCUT2D eigenvalue weighted by Crippen LogP contribution is 2.15. The number of aromatic nitrogens is 1. The van der Waals surface area contributed by atoms with Crippen LogP contribution in [-0.2, 0) is 6.61 Å². The number of nitrogens with zero attached hydrogens (tertiary/aromatic N) is 1. The number of Topliss-reactive ketones (excluding diaryl/α,β-unsaturated/α-hetero) is 1. The summed E-state index contributed by atoms with van der Waals surface area (Å²) in [5, 5.41) is 0.682. The first-order valence-electron chi connectivity index (χ1n) is 5.49. The van der Waals surface area contributed by atoms with E-state index in [-0.39, 0.29) is 5.78 Å². The van der Waals surface area contributed by atoms with Gasteiger partial charge in [0, 0.05) is 11.9 Å². The average molecular weight is 262 g/mol. The number of hydrogen-bond acceptors (Lipinski definition) is 3. The molecule has 0 N–H and O–H groups in total. The number of ether oxygens (including phenoxy) is 1. The Kier molecular flexibility index (Phi) is 3.95. The number of rotatable bonds is 4. The van der Waals surface area contributed by atoms with E-state index in [0.29, 0.717) is 23.1 Å². The third kappa shape index (κ3) is 3.31. The van der Waals surface area contributed by atoms with Crippen molar-refractivity contribution in [3.8, 4) is 5.75 Å². The fourth-order valence-corrected chi connectivity index (χ4v) is 1.68. The van der Waals surface area contributed by atoms with Crippen LogP contribution in [0.2, 0.25) is 5.02 Å². The van der Waals surface area contributed by atoms with Crippen LogP contribution in [0, 0.1) is 0 Å². The van der Waals surface area contributed by atoms with E-state index in [0.717, 1.165) is 5.56 Å². The van der Waals surface area contributed by atoms with E-state index in [1.165, 1.54) is 6.92 Å². The van der Waals surface area contributed by atoms with Crippen LogP contribution in [0.1, 0.15) is 23.0 Å². The zero-order valence-electron chi connectivity index (χ0n) is 9.89. The normalized spacial score (nSPS) is 10.1. The molecule has 4 heteroatoms. The molecule has 0 saturated carbocycles. The molecule has 0 amide bonds. The maximum Gasteiger partial charge on any atom is 0.178 e. The molecular weight excluding hydrogens is 250 g/mol. The Morgan fingerprint density at radius 2 is 2.17 bits per heavy atom. The predicted molar refractivity (Wildman–Crippen MR) is 70.0 cm³/mol. The second kappa shape index (κ2) is 5.65. The molecule has 0 spiro atoms. The number of ketones is 1. The lowest BCUT2D eigenvalue weighted by Gasteiger charge is -2.06. The molecule has 2 aromatic rings. The van der Waals surface area contributed by atoms with Crippen LogP contribution in [0.4, 0.5) is 0 Å². The van der Waals surface area contributed by atoms with E-state index < -0.39 is 0 Å². The van der Waals surface area contributed by atoms with Gasteiger partial charge in [-0.05, 0) is 29.8 Å². The van der Waals surface area contributed by atoms with Crippen LogP contribution < -0.4 is 4.74 Å². The lowest BCUT2D eigenvalue weighted by molar-refractivity contribution is 0.101. The van der Waals surface area contributed by atoms with Crippen molar-refractivity contribution < 1.29 is 9.53 Å². The van der Waals surface area contributed by atoms with Gasteiger partial charge in [0.15, 0.2) is 5.78 Å². The molecule has 1 aromatic heterocycles. The smallest absolute Gasteiger partial charge is 0.178 e. The van der Waals surface area contributed by atoms with Gasteiger partial charge in [-0.3, -0.25) is 4.79 Å². The van der Waals surface area contributed by atoms with Crippen molar-refractivity contribution in [3.63, 3.8) is 0 Å². The van der Waals surface area contributed by atoms with Crippen molar-refractivity contribution in [3.05, 3.63) is 58.9 Å². The molecule has 0 fully saturated rings. The third-order valence-electron chi connectivity index (χ3n) is 2.39. The molecule has 0 radical (unpaired) electrons. The molecule has 0 aliphatic carbocycles. The van der Waals surface area contributed by atoms with Crippen LogP contribution in [0.3, 0.4) is 0 Å². The van der Waals surface area contributed by atoms with Crippen molar-refractivity contribution in [1.82, 2.24) is 4.98 Å². The Hall–Kier alpha value is -1.87. The maximum atomic E-state index is 11.1. The minimum Gasteiger partial charge on any atom is -0.487 e. The van der Waals surface area contributed by atoms with E-state index >= 15 is 0 Å². The summed E-state index contributed by atoms with van der Waals surface area (Å²) in [5.41, 5.74) is 1.42.